The van der Waals surface area contributed by atoms with Gasteiger partial charge in [0.25, 0.3) is 0 Å². The van der Waals surface area contributed by atoms with Crippen LogP contribution in [-0.2, 0) is 0 Å². The first kappa shape index (κ1) is 20.5. The number of nitrogens with zero attached hydrogens (tertiary/aromatic N) is 3. The summed E-state index contributed by atoms with van der Waals surface area (Å²) in [6.45, 7) is 1.06. The summed E-state index contributed by atoms with van der Waals surface area (Å²) in [5.74, 6) is 3.18. The lowest BCUT2D eigenvalue weighted by atomic mass is 9.79. The van der Waals surface area contributed by atoms with Crippen molar-refractivity contribution in [3.05, 3.63) is 59.4 Å². The summed E-state index contributed by atoms with van der Waals surface area (Å²) in [6, 6.07) is 13.3. The first-order valence-electron chi connectivity index (χ1n) is 11.6. The second-order valence-electron chi connectivity index (χ2n) is 9.36. The molecule has 1 N–H and O–H groups in total. The summed E-state index contributed by atoms with van der Waals surface area (Å²) >= 11 is 1.87. The van der Waals surface area contributed by atoms with Crippen molar-refractivity contribution in [3.8, 4) is 10.4 Å². The van der Waals surface area contributed by atoms with E-state index in [1.165, 1.54) is 65.2 Å². The maximum absolute atomic E-state index is 4.64. The van der Waals surface area contributed by atoms with E-state index >= 15 is 0 Å². The predicted molar refractivity (Wildman–Crippen MR) is 131 cm³/mol. The van der Waals surface area contributed by atoms with Crippen LogP contribution in [0.3, 0.4) is 0 Å². The van der Waals surface area contributed by atoms with Crippen LogP contribution in [0.15, 0.2) is 48.8 Å². The van der Waals surface area contributed by atoms with Crippen LogP contribution in [0, 0.1) is 5.92 Å². The molecule has 2 saturated carbocycles. The molecule has 2 heterocycles. The summed E-state index contributed by atoms with van der Waals surface area (Å²) in [5.41, 5.74) is 3.91. The average Bonchev–Trinajstić information content (AvgIpc) is 3.54. The van der Waals surface area contributed by atoms with Crippen LogP contribution in [0.25, 0.3) is 10.4 Å². The Bertz CT molecular complexity index is 998. The van der Waals surface area contributed by atoms with Gasteiger partial charge in [-0.1, -0.05) is 18.2 Å². The number of nitrogens with one attached hydrogen (secondary N) is 1. The van der Waals surface area contributed by atoms with E-state index in [4.69, 9.17) is 0 Å². The van der Waals surface area contributed by atoms with E-state index in [0.29, 0.717) is 5.92 Å². The molecule has 31 heavy (non-hydrogen) atoms. The Hall–Kier alpha value is -2.40. The van der Waals surface area contributed by atoms with Crippen LogP contribution in [0.4, 0.5) is 11.5 Å². The molecule has 0 saturated heterocycles. The number of anilines is 2. The standard InChI is InChI=1S/C26H32N4S/c1-30(2)25-13-12-22(16-28-25)19-8-6-18(7-9-19)15-27-23-5-3-4-21(14-23)24-17-29-26(31-24)20-10-11-20/h3-5,12-14,16-20,27H,6-11,15H2,1-2H3/t18-,19-. The van der Waals surface area contributed by atoms with Crippen LogP contribution < -0.4 is 10.2 Å². The Labute approximate surface area is 189 Å². The van der Waals surface area contributed by atoms with Crippen LogP contribution >= 0.6 is 11.3 Å². The van der Waals surface area contributed by atoms with Crippen molar-refractivity contribution in [2.24, 2.45) is 5.92 Å². The summed E-state index contributed by atoms with van der Waals surface area (Å²) in [7, 11) is 4.08. The molecule has 162 valence electrons. The molecule has 2 aliphatic carbocycles. The normalized spacial score (nSPS) is 21.1. The van der Waals surface area contributed by atoms with Gasteiger partial charge >= 0.3 is 0 Å². The quantitative estimate of drug-likeness (QED) is 0.460. The van der Waals surface area contributed by atoms with Gasteiger partial charge in [0.2, 0.25) is 0 Å². The van der Waals surface area contributed by atoms with Crippen LogP contribution in [0.2, 0.25) is 0 Å². The third kappa shape index (κ3) is 4.93. The Morgan fingerprint density at radius 1 is 0.935 bits per heavy atom. The van der Waals surface area contributed by atoms with E-state index in [0.717, 1.165) is 24.2 Å². The van der Waals surface area contributed by atoms with Crippen LogP contribution in [0.1, 0.15) is 60.9 Å². The molecule has 0 radical (unpaired) electrons. The van der Waals surface area contributed by atoms with Gasteiger partial charge in [-0.3, -0.25) is 0 Å². The second kappa shape index (κ2) is 8.99. The topological polar surface area (TPSA) is 41.0 Å². The average molecular weight is 433 g/mol. The summed E-state index contributed by atoms with van der Waals surface area (Å²) in [6.07, 6.45) is 11.9. The monoisotopic (exact) mass is 432 g/mol. The number of hydrogen-bond acceptors (Lipinski definition) is 5. The second-order valence-corrected chi connectivity index (χ2v) is 10.4. The summed E-state index contributed by atoms with van der Waals surface area (Å²) in [4.78, 5) is 12.6. The Kier molecular flexibility index (Phi) is 5.95. The molecule has 0 unspecified atom stereocenters. The van der Waals surface area contributed by atoms with Crippen molar-refractivity contribution < 1.29 is 0 Å². The third-order valence-corrected chi connectivity index (χ3v) is 7.95. The van der Waals surface area contributed by atoms with Gasteiger partial charge in [-0.05, 0) is 79.7 Å². The molecule has 1 aromatic carbocycles. The fourth-order valence-electron chi connectivity index (χ4n) is 4.59. The predicted octanol–water partition coefficient (Wildman–Crippen LogP) is 6.53. The lowest BCUT2D eigenvalue weighted by Crippen LogP contribution is -2.20. The van der Waals surface area contributed by atoms with Gasteiger partial charge in [0.05, 0.1) is 9.88 Å². The minimum absolute atomic E-state index is 0.662. The fraction of sp³-hybridized carbons (Fsp3) is 0.462. The van der Waals surface area contributed by atoms with Gasteiger partial charge in [0, 0.05) is 44.6 Å². The van der Waals surface area contributed by atoms with Crippen molar-refractivity contribution in [1.29, 1.82) is 0 Å². The fourth-order valence-corrected chi connectivity index (χ4v) is 5.67. The van der Waals surface area contributed by atoms with E-state index in [1.54, 1.807) is 0 Å². The molecule has 0 atom stereocenters. The van der Waals surface area contributed by atoms with Gasteiger partial charge in [0.15, 0.2) is 0 Å². The van der Waals surface area contributed by atoms with E-state index < -0.39 is 0 Å². The maximum atomic E-state index is 4.64. The molecular weight excluding hydrogens is 400 g/mol. The van der Waals surface area contributed by atoms with Crippen molar-refractivity contribution >= 4 is 22.8 Å². The number of benzene rings is 1. The highest BCUT2D eigenvalue weighted by Gasteiger charge is 2.27. The Morgan fingerprint density at radius 2 is 1.74 bits per heavy atom. The first-order chi connectivity index (χ1) is 15.2. The Morgan fingerprint density at radius 3 is 2.45 bits per heavy atom. The minimum Gasteiger partial charge on any atom is -0.385 e. The van der Waals surface area contributed by atoms with E-state index in [9.17, 15) is 0 Å². The minimum atomic E-state index is 0.662. The molecule has 0 bridgehead atoms. The molecule has 3 aromatic rings. The first-order valence-corrected chi connectivity index (χ1v) is 12.4. The zero-order valence-corrected chi connectivity index (χ0v) is 19.4. The maximum Gasteiger partial charge on any atom is 0.127 e. The highest BCUT2D eigenvalue weighted by Crippen LogP contribution is 2.43. The molecule has 4 nitrogen and oxygen atoms in total. The van der Waals surface area contributed by atoms with Crippen molar-refractivity contribution in [2.45, 2.75) is 50.4 Å². The third-order valence-electron chi connectivity index (χ3n) is 6.74. The van der Waals surface area contributed by atoms with Gasteiger partial charge in [-0.15, -0.1) is 11.3 Å². The van der Waals surface area contributed by atoms with Gasteiger partial charge < -0.3 is 10.2 Å². The van der Waals surface area contributed by atoms with E-state index in [-0.39, 0.29) is 0 Å². The lowest BCUT2D eigenvalue weighted by Gasteiger charge is -2.29. The number of hydrogen-bond donors (Lipinski definition) is 1. The highest BCUT2D eigenvalue weighted by molar-refractivity contribution is 7.15. The zero-order valence-electron chi connectivity index (χ0n) is 18.6. The number of thiazole rings is 1. The van der Waals surface area contributed by atoms with Crippen molar-refractivity contribution in [2.75, 3.05) is 30.9 Å². The largest absolute Gasteiger partial charge is 0.385 e. The van der Waals surface area contributed by atoms with Crippen molar-refractivity contribution in [1.82, 2.24) is 9.97 Å². The number of rotatable bonds is 7. The van der Waals surface area contributed by atoms with Crippen LogP contribution in [0.5, 0.6) is 0 Å². The van der Waals surface area contributed by atoms with Gasteiger partial charge in [-0.25, -0.2) is 9.97 Å². The molecule has 2 fully saturated rings. The van der Waals surface area contributed by atoms with E-state index in [1.807, 2.05) is 25.4 Å². The number of aromatic nitrogens is 2. The molecule has 2 aromatic heterocycles. The summed E-state index contributed by atoms with van der Waals surface area (Å²) < 4.78 is 0. The molecule has 5 heteroatoms. The molecular formula is C26H32N4S. The summed E-state index contributed by atoms with van der Waals surface area (Å²) in [5, 5.41) is 5.02. The smallest absolute Gasteiger partial charge is 0.127 e. The van der Waals surface area contributed by atoms with Crippen molar-refractivity contribution in [3.63, 3.8) is 0 Å². The van der Waals surface area contributed by atoms with Gasteiger partial charge in [-0.2, -0.15) is 0 Å². The van der Waals surface area contributed by atoms with E-state index in [2.05, 4.69) is 69.0 Å². The molecule has 0 aliphatic heterocycles. The van der Waals surface area contributed by atoms with Gasteiger partial charge in [0.1, 0.15) is 5.82 Å². The molecule has 0 spiro atoms. The van der Waals surface area contributed by atoms with Crippen LogP contribution in [-0.4, -0.2) is 30.6 Å². The molecule has 2 aliphatic rings. The SMILES string of the molecule is CN(C)c1ccc([C@H]2CC[C@H](CNc3cccc(-c4cnc(C5CC5)s4)c3)CC2)cn1. The molecule has 5 rings (SSSR count). The molecule has 0 amide bonds. The highest BCUT2D eigenvalue weighted by atomic mass is 32.1. The zero-order chi connectivity index (χ0) is 21.2. The number of pyridine rings is 1. The lowest BCUT2D eigenvalue weighted by molar-refractivity contribution is 0.338. The Balaban J connectivity index is 1.13.